The zero-order chi connectivity index (χ0) is 24.4. The monoisotopic (exact) mass is 483 g/mol. The highest BCUT2D eigenvalue weighted by atomic mass is 32.2. The minimum atomic E-state index is -4.18. The Labute approximate surface area is 202 Å². The second-order valence-corrected chi connectivity index (χ2v) is 9.25. The number of nitrogens with two attached hydrogens (primary N) is 2. The zero-order valence-corrected chi connectivity index (χ0v) is 19.3. The third-order valence-electron chi connectivity index (χ3n) is 5.43. The van der Waals surface area contributed by atoms with E-state index in [1.807, 2.05) is 66.7 Å². The number of rotatable bonds is 6. The molecular formula is C25H21N7O2S. The topological polar surface area (TPSA) is 150 Å². The largest absolute Gasteiger partial charge is 0.383 e. The van der Waals surface area contributed by atoms with Gasteiger partial charge in [0.15, 0.2) is 5.82 Å². The molecule has 5 N–H and O–H groups in total. The first-order valence-corrected chi connectivity index (χ1v) is 12.2. The van der Waals surface area contributed by atoms with Crippen molar-refractivity contribution in [3.63, 3.8) is 0 Å². The number of aromatic nitrogens is 4. The van der Waals surface area contributed by atoms with Gasteiger partial charge in [0.2, 0.25) is 10.0 Å². The first-order valence-electron chi connectivity index (χ1n) is 10.7. The maximum absolute atomic E-state index is 12.3. The van der Waals surface area contributed by atoms with Crippen LogP contribution in [-0.4, -0.2) is 28.4 Å². The van der Waals surface area contributed by atoms with E-state index in [0.29, 0.717) is 17.9 Å². The maximum atomic E-state index is 12.3. The van der Waals surface area contributed by atoms with Crippen LogP contribution in [-0.2, 0) is 16.6 Å². The summed E-state index contributed by atoms with van der Waals surface area (Å²) in [5.74, 6) is 0.463. The number of nitrogens with zero attached hydrogens (tertiary/aromatic N) is 4. The lowest BCUT2D eigenvalue weighted by atomic mass is 10.0. The van der Waals surface area contributed by atoms with E-state index in [2.05, 4.69) is 15.3 Å². The van der Waals surface area contributed by atoms with E-state index in [1.165, 1.54) is 12.3 Å². The van der Waals surface area contributed by atoms with Crippen molar-refractivity contribution >= 4 is 32.6 Å². The van der Waals surface area contributed by atoms with Gasteiger partial charge in [-0.15, -0.1) is 0 Å². The lowest BCUT2D eigenvalue weighted by Crippen LogP contribution is -2.17. The fraction of sp³-hybridized carbons (Fsp3) is 0.0400. The van der Waals surface area contributed by atoms with Crippen molar-refractivity contribution in [2.45, 2.75) is 11.4 Å². The van der Waals surface area contributed by atoms with Gasteiger partial charge in [-0.1, -0.05) is 48.5 Å². The van der Waals surface area contributed by atoms with E-state index < -0.39 is 10.0 Å². The van der Waals surface area contributed by atoms with E-state index in [9.17, 15) is 8.42 Å². The Morgan fingerprint density at radius 3 is 2.34 bits per heavy atom. The Morgan fingerprint density at radius 2 is 1.60 bits per heavy atom. The molecule has 0 amide bonds. The quantitative estimate of drug-likeness (QED) is 0.332. The van der Waals surface area contributed by atoms with Crippen molar-refractivity contribution in [2.75, 3.05) is 11.1 Å². The first-order chi connectivity index (χ1) is 16.9. The Morgan fingerprint density at radius 1 is 0.800 bits per heavy atom. The number of nitrogens with one attached hydrogen (secondary N) is 1. The molecule has 9 nitrogen and oxygen atoms in total. The standard InChI is InChI=1S/C25H21N7O2S/c26-23-22(35(27,33)34)19(12-14-29-23)24-31-20-11-6-10-18(16-7-2-1-3-8-16)21(20)25(32-24)30-15-17-9-4-5-13-28-17/h1-14H,15H2,(H2,26,29)(H2,27,33,34)(H,30,31,32). The molecule has 5 aromatic rings. The van der Waals surface area contributed by atoms with Gasteiger partial charge in [0, 0.05) is 18.0 Å². The molecule has 0 unspecified atom stereocenters. The highest BCUT2D eigenvalue weighted by Crippen LogP contribution is 2.35. The summed E-state index contributed by atoms with van der Waals surface area (Å²) in [5.41, 5.74) is 9.42. The average molecular weight is 484 g/mol. The number of anilines is 2. The highest BCUT2D eigenvalue weighted by Gasteiger charge is 2.23. The van der Waals surface area contributed by atoms with E-state index in [-0.39, 0.29) is 22.1 Å². The molecule has 2 aromatic carbocycles. The van der Waals surface area contributed by atoms with Gasteiger partial charge in [-0.3, -0.25) is 4.98 Å². The lowest BCUT2D eigenvalue weighted by molar-refractivity contribution is 0.598. The van der Waals surface area contributed by atoms with Crippen LogP contribution >= 0.6 is 0 Å². The first kappa shape index (κ1) is 22.4. The van der Waals surface area contributed by atoms with Gasteiger partial charge in [0.05, 0.1) is 23.1 Å². The van der Waals surface area contributed by atoms with Gasteiger partial charge in [-0.2, -0.15) is 0 Å². The van der Waals surface area contributed by atoms with Crippen molar-refractivity contribution in [1.29, 1.82) is 0 Å². The molecule has 0 saturated heterocycles. The SMILES string of the molecule is Nc1nccc(-c2nc(NCc3ccccn3)c3c(-c4ccccc4)cccc3n2)c1S(N)(=O)=O. The van der Waals surface area contributed by atoms with E-state index in [1.54, 1.807) is 6.20 Å². The number of primary sulfonamides is 1. The summed E-state index contributed by atoms with van der Waals surface area (Å²) in [6.45, 7) is 0.399. The normalized spacial score (nSPS) is 11.5. The van der Waals surface area contributed by atoms with Gasteiger partial charge in [0.1, 0.15) is 16.5 Å². The molecule has 0 radical (unpaired) electrons. The van der Waals surface area contributed by atoms with E-state index >= 15 is 0 Å². The Bertz CT molecular complexity index is 1630. The molecule has 5 rings (SSSR count). The van der Waals surface area contributed by atoms with Crippen LogP contribution in [0.25, 0.3) is 33.4 Å². The second-order valence-electron chi connectivity index (χ2n) is 7.75. The molecule has 0 spiro atoms. The predicted molar refractivity (Wildman–Crippen MR) is 136 cm³/mol. The summed E-state index contributed by atoms with van der Waals surface area (Å²) in [4.78, 5) is 17.4. The van der Waals surface area contributed by atoms with Crippen LogP contribution in [0.3, 0.4) is 0 Å². The summed E-state index contributed by atoms with van der Waals surface area (Å²) < 4.78 is 24.6. The molecule has 35 heavy (non-hydrogen) atoms. The van der Waals surface area contributed by atoms with Crippen molar-refractivity contribution in [3.8, 4) is 22.5 Å². The Hall–Kier alpha value is -4.41. The fourth-order valence-corrected chi connectivity index (χ4v) is 4.72. The van der Waals surface area contributed by atoms with Crippen LogP contribution in [0.2, 0.25) is 0 Å². The molecule has 0 saturated carbocycles. The number of hydrogen-bond acceptors (Lipinski definition) is 8. The predicted octanol–water partition coefficient (Wildman–Crippen LogP) is 3.60. The molecule has 0 aliphatic carbocycles. The number of fused-ring (bicyclic) bond motifs is 1. The number of benzene rings is 2. The lowest BCUT2D eigenvalue weighted by Gasteiger charge is -2.15. The van der Waals surface area contributed by atoms with Gasteiger partial charge in [-0.05, 0) is 35.4 Å². The molecule has 0 fully saturated rings. The Balaban J connectivity index is 1.75. The van der Waals surface area contributed by atoms with Gasteiger partial charge < -0.3 is 11.1 Å². The van der Waals surface area contributed by atoms with Crippen LogP contribution in [0.15, 0.2) is 90.1 Å². The zero-order valence-electron chi connectivity index (χ0n) is 18.5. The van der Waals surface area contributed by atoms with Crippen LogP contribution in [0.5, 0.6) is 0 Å². The smallest absolute Gasteiger partial charge is 0.242 e. The summed E-state index contributed by atoms with van der Waals surface area (Å²) in [6, 6.07) is 22.8. The number of sulfonamides is 1. The molecule has 174 valence electrons. The van der Waals surface area contributed by atoms with Gasteiger partial charge >= 0.3 is 0 Å². The molecule has 0 aliphatic heterocycles. The van der Waals surface area contributed by atoms with Crippen LogP contribution in [0.1, 0.15) is 5.69 Å². The third-order valence-corrected chi connectivity index (χ3v) is 6.43. The minimum Gasteiger partial charge on any atom is -0.383 e. The fourth-order valence-electron chi connectivity index (χ4n) is 3.91. The summed E-state index contributed by atoms with van der Waals surface area (Å²) in [5, 5.41) is 9.60. The number of hydrogen-bond donors (Lipinski definition) is 3. The summed E-state index contributed by atoms with van der Waals surface area (Å²) in [6.07, 6.45) is 3.11. The van der Waals surface area contributed by atoms with Crippen molar-refractivity contribution in [2.24, 2.45) is 5.14 Å². The van der Waals surface area contributed by atoms with Crippen molar-refractivity contribution in [3.05, 3.63) is 90.9 Å². The van der Waals surface area contributed by atoms with Crippen LogP contribution in [0, 0.1) is 0 Å². The van der Waals surface area contributed by atoms with Gasteiger partial charge in [0.25, 0.3) is 0 Å². The molecular weight excluding hydrogens is 462 g/mol. The maximum Gasteiger partial charge on any atom is 0.242 e. The van der Waals surface area contributed by atoms with Crippen LogP contribution in [0.4, 0.5) is 11.6 Å². The van der Waals surface area contributed by atoms with Crippen molar-refractivity contribution in [1.82, 2.24) is 19.9 Å². The summed E-state index contributed by atoms with van der Waals surface area (Å²) in [7, 11) is -4.18. The third kappa shape index (κ3) is 4.52. The molecule has 3 heterocycles. The highest BCUT2D eigenvalue weighted by molar-refractivity contribution is 7.89. The Kier molecular flexibility index (Phi) is 5.81. The minimum absolute atomic E-state index is 0.157. The van der Waals surface area contributed by atoms with Crippen LogP contribution < -0.4 is 16.2 Å². The molecule has 0 atom stereocenters. The number of nitrogen functional groups attached to an aromatic ring is 1. The van der Waals surface area contributed by atoms with Crippen molar-refractivity contribution < 1.29 is 8.42 Å². The van der Waals surface area contributed by atoms with Gasteiger partial charge in [-0.25, -0.2) is 28.5 Å². The second kappa shape index (κ2) is 9.09. The van der Waals surface area contributed by atoms with E-state index in [4.69, 9.17) is 20.8 Å². The average Bonchev–Trinajstić information content (AvgIpc) is 2.87. The molecule has 10 heteroatoms. The molecule has 0 bridgehead atoms. The molecule has 0 aliphatic rings. The number of pyridine rings is 2. The molecule has 3 aromatic heterocycles. The summed E-state index contributed by atoms with van der Waals surface area (Å²) >= 11 is 0. The van der Waals surface area contributed by atoms with E-state index in [0.717, 1.165) is 22.2 Å².